The van der Waals surface area contributed by atoms with Gasteiger partial charge in [-0.05, 0) is 51.8 Å². The largest absolute Gasteiger partial charge is 0.398 e. The molecule has 0 aromatic heterocycles. The van der Waals surface area contributed by atoms with E-state index in [1.165, 1.54) is 0 Å². The van der Waals surface area contributed by atoms with Crippen LogP contribution in [0.1, 0.15) is 36.2 Å². The number of amides is 1. The van der Waals surface area contributed by atoms with E-state index in [0.29, 0.717) is 23.2 Å². The molecule has 2 rings (SSSR count). The van der Waals surface area contributed by atoms with E-state index in [2.05, 4.69) is 24.1 Å². The van der Waals surface area contributed by atoms with Gasteiger partial charge in [0, 0.05) is 24.8 Å². The van der Waals surface area contributed by atoms with Crippen LogP contribution >= 0.6 is 0 Å². The predicted molar refractivity (Wildman–Crippen MR) is 82.7 cm³/mol. The lowest BCUT2D eigenvalue weighted by atomic mass is 10.1. The Balaban J connectivity index is 1.88. The third kappa shape index (κ3) is 3.51. The van der Waals surface area contributed by atoms with Gasteiger partial charge in [0.05, 0.1) is 5.56 Å². The average Bonchev–Trinajstić information content (AvgIpc) is 2.88. The second-order valence-electron chi connectivity index (χ2n) is 6.04. The molecule has 1 heterocycles. The first kappa shape index (κ1) is 14.9. The van der Waals surface area contributed by atoms with Crippen molar-refractivity contribution in [2.75, 3.05) is 25.4 Å². The SMILES string of the molecule is Cc1ccc(N)c(C(=O)NCC2CCN(C(C)C)C2)c1. The summed E-state index contributed by atoms with van der Waals surface area (Å²) in [5, 5.41) is 3.02. The molecule has 0 aliphatic carbocycles. The Kier molecular flexibility index (Phi) is 4.65. The molecule has 1 unspecified atom stereocenters. The van der Waals surface area contributed by atoms with Crippen molar-refractivity contribution in [3.63, 3.8) is 0 Å². The van der Waals surface area contributed by atoms with Crippen molar-refractivity contribution in [2.45, 2.75) is 33.2 Å². The predicted octanol–water partition coefficient (Wildman–Crippen LogP) is 2.04. The molecule has 0 saturated carbocycles. The first-order chi connectivity index (χ1) is 9.47. The molecule has 1 atom stereocenters. The first-order valence-corrected chi connectivity index (χ1v) is 7.35. The van der Waals surface area contributed by atoms with Gasteiger partial charge in [-0.15, -0.1) is 0 Å². The molecule has 1 fully saturated rings. The Morgan fingerprint density at radius 2 is 2.25 bits per heavy atom. The summed E-state index contributed by atoms with van der Waals surface area (Å²) < 4.78 is 0. The first-order valence-electron chi connectivity index (χ1n) is 7.35. The molecule has 1 saturated heterocycles. The molecule has 1 aliphatic heterocycles. The van der Waals surface area contributed by atoms with E-state index in [0.717, 1.165) is 31.6 Å². The number of benzene rings is 1. The van der Waals surface area contributed by atoms with Crippen LogP contribution in [0.15, 0.2) is 18.2 Å². The number of nitrogens with zero attached hydrogens (tertiary/aromatic N) is 1. The van der Waals surface area contributed by atoms with E-state index >= 15 is 0 Å². The Morgan fingerprint density at radius 3 is 2.90 bits per heavy atom. The maximum absolute atomic E-state index is 12.2. The number of carbonyl (C=O) groups excluding carboxylic acids is 1. The third-order valence-corrected chi connectivity index (χ3v) is 4.05. The minimum Gasteiger partial charge on any atom is -0.398 e. The second kappa shape index (κ2) is 6.27. The summed E-state index contributed by atoms with van der Waals surface area (Å²) in [5.41, 5.74) is 8.05. The average molecular weight is 275 g/mol. The fourth-order valence-corrected chi connectivity index (χ4v) is 2.70. The van der Waals surface area contributed by atoms with Crippen molar-refractivity contribution in [1.82, 2.24) is 10.2 Å². The Hall–Kier alpha value is -1.55. The number of rotatable bonds is 4. The fraction of sp³-hybridized carbons (Fsp3) is 0.562. The van der Waals surface area contributed by atoms with Gasteiger partial charge in [0.1, 0.15) is 0 Å². The monoisotopic (exact) mass is 275 g/mol. The smallest absolute Gasteiger partial charge is 0.253 e. The van der Waals surface area contributed by atoms with Crippen molar-refractivity contribution in [2.24, 2.45) is 5.92 Å². The van der Waals surface area contributed by atoms with Crippen molar-refractivity contribution in [1.29, 1.82) is 0 Å². The number of hydrogen-bond acceptors (Lipinski definition) is 3. The fourth-order valence-electron chi connectivity index (χ4n) is 2.70. The molecular formula is C16H25N3O. The van der Waals surface area contributed by atoms with Crippen LogP contribution in [0.3, 0.4) is 0 Å². The van der Waals surface area contributed by atoms with E-state index in [1.807, 2.05) is 19.1 Å². The van der Waals surface area contributed by atoms with Crippen LogP contribution in [-0.2, 0) is 0 Å². The minimum atomic E-state index is -0.0609. The number of likely N-dealkylation sites (tertiary alicyclic amines) is 1. The number of nitrogens with two attached hydrogens (primary N) is 1. The van der Waals surface area contributed by atoms with Crippen molar-refractivity contribution < 1.29 is 4.79 Å². The van der Waals surface area contributed by atoms with Crippen LogP contribution in [0.5, 0.6) is 0 Å². The number of carbonyl (C=O) groups is 1. The lowest BCUT2D eigenvalue weighted by Gasteiger charge is -2.20. The quantitative estimate of drug-likeness (QED) is 0.827. The van der Waals surface area contributed by atoms with Crippen LogP contribution in [0.2, 0.25) is 0 Å². The normalized spacial score (nSPS) is 19.5. The molecule has 3 N–H and O–H groups in total. The molecule has 1 aromatic rings. The summed E-state index contributed by atoms with van der Waals surface area (Å²) in [7, 11) is 0. The van der Waals surface area contributed by atoms with E-state index in [-0.39, 0.29) is 5.91 Å². The number of nitrogen functional groups attached to an aromatic ring is 1. The maximum Gasteiger partial charge on any atom is 0.253 e. The molecule has 0 bridgehead atoms. The van der Waals surface area contributed by atoms with E-state index < -0.39 is 0 Å². The lowest BCUT2D eigenvalue weighted by molar-refractivity contribution is 0.0948. The molecule has 20 heavy (non-hydrogen) atoms. The second-order valence-corrected chi connectivity index (χ2v) is 6.04. The van der Waals surface area contributed by atoms with Gasteiger partial charge < -0.3 is 16.0 Å². The van der Waals surface area contributed by atoms with Gasteiger partial charge in [-0.25, -0.2) is 0 Å². The summed E-state index contributed by atoms with van der Waals surface area (Å²) in [6.45, 7) is 9.33. The number of nitrogens with one attached hydrogen (secondary N) is 1. The summed E-state index contributed by atoms with van der Waals surface area (Å²) in [4.78, 5) is 14.6. The van der Waals surface area contributed by atoms with Crippen LogP contribution in [0, 0.1) is 12.8 Å². The maximum atomic E-state index is 12.2. The van der Waals surface area contributed by atoms with Crippen LogP contribution in [0.4, 0.5) is 5.69 Å². The summed E-state index contributed by atoms with van der Waals surface area (Å²) in [6.07, 6.45) is 1.15. The minimum absolute atomic E-state index is 0.0609. The van der Waals surface area contributed by atoms with Crippen molar-refractivity contribution in [3.8, 4) is 0 Å². The van der Waals surface area contributed by atoms with Gasteiger partial charge in [0.25, 0.3) is 5.91 Å². The molecule has 1 aliphatic rings. The van der Waals surface area contributed by atoms with Crippen LogP contribution in [0.25, 0.3) is 0 Å². The highest BCUT2D eigenvalue weighted by molar-refractivity contribution is 5.99. The van der Waals surface area contributed by atoms with Crippen LogP contribution in [-0.4, -0.2) is 36.5 Å². The molecule has 4 nitrogen and oxygen atoms in total. The molecule has 110 valence electrons. The standard InChI is InChI=1S/C16H25N3O/c1-11(2)19-7-6-13(10-19)9-18-16(20)14-8-12(3)4-5-15(14)17/h4-5,8,11,13H,6-7,9-10,17H2,1-3H3,(H,18,20). The lowest BCUT2D eigenvalue weighted by Crippen LogP contribution is -2.33. The highest BCUT2D eigenvalue weighted by atomic mass is 16.1. The van der Waals surface area contributed by atoms with Gasteiger partial charge in [-0.1, -0.05) is 11.6 Å². The third-order valence-electron chi connectivity index (χ3n) is 4.05. The zero-order valence-corrected chi connectivity index (χ0v) is 12.6. The number of hydrogen-bond donors (Lipinski definition) is 2. The number of aryl methyl sites for hydroxylation is 1. The highest BCUT2D eigenvalue weighted by Gasteiger charge is 2.24. The Bertz CT molecular complexity index is 485. The molecule has 1 aromatic carbocycles. The summed E-state index contributed by atoms with van der Waals surface area (Å²) >= 11 is 0. The van der Waals surface area contributed by atoms with E-state index in [1.54, 1.807) is 6.07 Å². The molecule has 0 radical (unpaired) electrons. The van der Waals surface area contributed by atoms with Gasteiger partial charge in [-0.2, -0.15) is 0 Å². The van der Waals surface area contributed by atoms with E-state index in [4.69, 9.17) is 5.73 Å². The zero-order valence-electron chi connectivity index (χ0n) is 12.6. The molecule has 4 heteroatoms. The van der Waals surface area contributed by atoms with Gasteiger partial charge in [0.2, 0.25) is 0 Å². The zero-order chi connectivity index (χ0) is 14.7. The summed E-state index contributed by atoms with van der Waals surface area (Å²) in [5.74, 6) is 0.488. The molecular weight excluding hydrogens is 250 g/mol. The number of anilines is 1. The molecule has 0 spiro atoms. The van der Waals surface area contributed by atoms with Gasteiger partial charge in [-0.3, -0.25) is 4.79 Å². The van der Waals surface area contributed by atoms with Crippen molar-refractivity contribution in [3.05, 3.63) is 29.3 Å². The Labute approximate surface area is 121 Å². The molecule has 1 amide bonds. The van der Waals surface area contributed by atoms with Crippen molar-refractivity contribution >= 4 is 11.6 Å². The van der Waals surface area contributed by atoms with E-state index in [9.17, 15) is 4.79 Å². The summed E-state index contributed by atoms with van der Waals surface area (Å²) in [6, 6.07) is 6.15. The van der Waals surface area contributed by atoms with Crippen LogP contribution < -0.4 is 11.1 Å². The Morgan fingerprint density at radius 1 is 1.50 bits per heavy atom. The topological polar surface area (TPSA) is 58.4 Å². The van der Waals surface area contributed by atoms with Gasteiger partial charge >= 0.3 is 0 Å². The van der Waals surface area contributed by atoms with Gasteiger partial charge in [0.15, 0.2) is 0 Å². The highest BCUT2D eigenvalue weighted by Crippen LogP contribution is 2.18.